The quantitative estimate of drug-likeness (QED) is 0.253. The monoisotopic (exact) mass is 606 g/mol. The zero-order valence-corrected chi connectivity index (χ0v) is 15.3. The lowest BCUT2D eigenvalue weighted by Gasteiger charge is -2.41. The van der Waals surface area contributed by atoms with Crippen LogP contribution in [0.2, 0.25) is 0 Å². The Labute approximate surface area is 174 Å². The first-order chi connectivity index (χ1) is 14.6. The molecule has 0 saturated carbocycles. The van der Waals surface area contributed by atoms with Gasteiger partial charge in [-0.3, -0.25) is 0 Å². The molecule has 0 aromatic heterocycles. The van der Waals surface area contributed by atoms with Crippen molar-refractivity contribution in [2.24, 2.45) is 0 Å². The van der Waals surface area contributed by atoms with Gasteiger partial charge < -0.3 is 0 Å². The molecule has 0 aromatic carbocycles. The van der Waals surface area contributed by atoms with Crippen LogP contribution in [-0.4, -0.2) is 65.8 Å². The predicted molar refractivity (Wildman–Crippen MR) is 58.8 cm³/mol. The van der Waals surface area contributed by atoms with E-state index in [9.17, 15) is 105 Å². The molecule has 0 heterocycles. The minimum absolute atomic E-state index is 2.59. The SMILES string of the molecule is FC(F)(F)C(F)(F)C(F)(F)C(F)(F)C(F)(F)C(F)(F)C(F)(F)C(F)(F)F.O=S(=O)(N(F)F)N(F)F. The fourth-order valence-corrected chi connectivity index (χ4v) is 1.28. The highest BCUT2D eigenvalue weighted by Crippen LogP contribution is 2.63. The van der Waals surface area contributed by atoms with Gasteiger partial charge in [0, 0.05) is 0 Å². The van der Waals surface area contributed by atoms with Crippen LogP contribution < -0.4 is 0 Å². The van der Waals surface area contributed by atoms with E-state index in [-0.39, 0.29) is 0 Å². The maximum Gasteiger partial charge on any atom is 0.460 e. The molecule has 0 bridgehead atoms. The van der Waals surface area contributed by atoms with Crippen LogP contribution in [0.1, 0.15) is 0 Å². The second-order valence-electron chi connectivity index (χ2n) is 5.29. The third kappa shape index (κ3) is 5.53. The minimum Gasteiger partial charge on any atom is -0.192 e. The average Bonchev–Trinajstić information content (AvgIpc) is 2.59. The van der Waals surface area contributed by atoms with Crippen LogP contribution in [0, 0.1) is 0 Å². The summed E-state index contributed by atoms with van der Waals surface area (Å²) in [5.41, 5.74) is 0. The molecule has 0 rings (SSSR count). The number of hydrogen-bond acceptors (Lipinski definition) is 2. The van der Waals surface area contributed by atoms with Crippen LogP contribution in [0.4, 0.5) is 97.0 Å². The second kappa shape index (κ2) is 9.33. The van der Waals surface area contributed by atoms with Gasteiger partial charge in [-0.1, -0.05) is 17.9 Å². The summed E-state index contributed by atoms with van der Waals surface area (Å²) in [7, 11) is -5.81. The molecule has 27 heteroatoms. The molecule has 214 valence electrons. The van der Waals surface area contributed by atoms with Crippen molar-refractivity contribution in [3.05, 3.63) is 0 Å². The highest BCUT2D eigenvalue weighted by molar-refractivity contribution is 7.86. The molecule has 0 aromatic rings. The fourth-order valence-electron chi connectivity index (χ4n) is 1.19. The molecule has 0 aliphatic carbocycles. The standard InChI is InChI=1S/C8F18.F4N2O2S/c9-1(10,3(13,14)5(17,18)7(21,22)23)2(11,12)4(15,16)6(19,20)8(24,25)26;1-5(2)9(7,8)6(3)4. The van der Waals surface area contributed by atoms with E-state index in [1.807, 2.05) is 0 Å². The van der Waals surface area contributed by atoms with Gasteiger partial charge in [0.1, 0.15) is 0 Å². The molecule has 0 N–H and O–H groups in total. The van der Waals surface area contributed by atoms with E-state index in [4.69, 9.17) is 0 Å². The van der Waals surface area contributed by atoms with Crippen molar-refractivity contribution in [3.63, 3.8) is 0 Å². The van der Waals surface area contributed by atoms with Crippen molar-refractivity contribution < 1.29 is 105 Å². The molecule has 35 heavy (non-hydrogen) atoms. The van der Waals surface area contributed by atoms with Crippen LogP contribution in [-0.2, 0) is 10.2 Å². The first kappa shape index (κ1) is 35.5. The normalized spacial score (nSPS) is 15.9. The maximum atomic E-state index is 12.8. The largest absolute Gasteiger partial charge is 0.460 e. The predicted octanol–water partition coefficient (Wildman–Crippen LogP) is 6.30. The van der Waals surface area contributed by atoms with E-state index in [0.717, 1.165) is 0 Å². The molecule has 0 aliphatic heterocycles. The smallest absolute Gasteiger partial charge is 0.192 e. The van der Waals surface area contributed by atoms with E-state index >= 15 is 0 Å². The van der Waals surface area contributed by atoms with Crippen molar-refractivity contribution in [1.82, 2.24) is 9.50 Å². The molecule has 0 spiro atoms. The zero-order chi connectivity index (χ0) is 29.7. The number of rotatable bonds is 7. The molecular weight excluding hydrogens is 606 g/mol. The van der Waals surface area contributed by atoms with Crippen LogP contribution in [0.5, 0.6) is 0 Å². The van der Waals surface area contributed by atoms with E-state index < -0.39 is 67.6 Å². The molecule has 0 radical (unpaired) electrons. The number of hydrogen-bond donors (Lipinski definition) is 0. The van der Waals surface area contributed by atoms with Gasteiger partial charge in [-0.25, -0.2) is 0 Å². The fraction of sp³-hybridized carbons (Fsp3) is 1.00. The minimum atomic E-state index is -8.72. The van der Waals surface area contributed by atoms with Gasteiger partial charge in [0.2, 0.25) is 0 Å². The first-order valence-electron chi connectivity index (χ1n) is 6.53. The van der Waals surface area contributed by atoms with Gasteiger partial charge in [0.15, 0.2) is 9.50 Å². The van der Waals surface area contributed by atoms with Crippen LogP contribution in [0.3, 0.4) is 0 Å². The lowest BCUT2D eigenvalue weighted by atomic mass is 9.91. The van der Waals surface area contributed by atoms with E-state index in [0.29, 0.717) is 0 Å². The van der Waals surface area contributed by atoms with Crippen LogP contribution >= 0.6 is 0 Å². The lowest BCUT2D eigenvalue weighted by molar-refractivity contribution is -0.468. The molecule has 0 aliphatic rings. The Balaban J connectivity index is 0. The molecule has 0 fully saturated rings. The summed E-state index contributed by atoms with van der Waals surface area (Å²) >= 11 is 0. The number of nitrogens with zero attached hydrogens (tertiary/aromatic N) is 2. The summed E-state index contributed by atoms with van der Waals surface area (Å²) < 4.78 is 277. The van der Waals surface area contributed by atoms with Gasteiger partial charge in [-0.2, -0.15) is 87.4 Å². The van der Waals surface area contributed by atoms with E-state index in [1.165, 1.54) is 0 Å². The summed E-state index contributed by atoms with van der Waals surface area (Å²) in [4.78, 5) is 0. The Morgan fingerprint density at radius 2 is 0.486 bits per heavy atom. The van der Waals surface area contributed by atoms with Crippen molar-refractivity contribution in [2.45, 2.75) is 47.9 Å². The van der Waals surface area contributed by atoms with E-state index in [2.05, 4.69) is 0 Å². The second-order valence-corrected chi connectivity index (χ2v) is 6.74. The lowest BCUT2D eigenvalue weighted by Crippen LogP contribution is -2.74. The van der Waals surface area contributed by atoms with Gasteiger partial charge in [-0.05, 0) is 0 Å². The van der Waals surface area contributed by atoms with Crippen molar-refractivity contribution in [3.8, 4) is 0 Å². The average molecular weight is 606 g/mol. The Hall–Kier alpha value is -1.67. The van der Waals surface area contributed by atoms with Crippen LogP contribution in [0.15, 0.2) is 0 Å². The Morgan fingerprint density at radius 1 is 0.343 bits per heavy atom. The zero-order valence-electron chi connectivity index (χ0n) is 14.4. The summed E-state index contributed by atoms with van der Waals surface area (Å²) in [6.45, 7) is 0. The Kier molecular flexibility index (Phi) is 9.46. The molecule has 0 saturated heterocycles. The van der Waals surface area contributed by atoms with Crippen molar-refractivity contribution in [1.29, 1.82) is 0 Å². The van der Waals surface area contributed by atoms with Crippen LogP contribution in [0.25, 0.3) is 0 Å². The highest BCUT2D eigenvalue weighted by Gasteiger charge is 2.95. The number of alkyl halides is 18. The molecule has 4 nitrogen and oxygen atoms in total. The Bertz CT molecular complexity index is 761. The topological polar surface area (TPSA) is 40.6 Å². The van der Waals surface area contributed by atoms with Gasteiger partial charge >= 0.3 is 58.1 Å². The number of halogens is 22. The third-order valence-electron chi connectivity index (χ3n) is 3.03. The summed E-state index contributed by atoms with van der Waals surface area (Å²) in [6.07, 6.45) is -15.6. The summed E-state index contributed by atoms with van der Waals surface area (Å²) in [6, 6.07) is 0. The first-order valence-corrected chi connectivity index (χ1v) is 7.92. The third-order valence-corrected chi connectivity index (χ3v) is 3.73. The summed E-state index contributed by atoms with van der Waals surface area (Å²) in [5, 5.41) is 0. The van der Waals surface area contributed by atoms with Crippen molar-refractivity contribution >= 4 is 10.2 Å². The molecule has 0 unspecified atom stereocenters. The highest BCUT2D eigenvalue weighted by atomic mass is 32.2. The van der Waals surface area contributed by atoms with Gasteiger partial charge in [0.25, 0.3) is 0 Å². The Morgan fingerprint density at radius 3 is 0.571 bits per heavy atom. The maximum absolute atomic E-state index is 12.8. The van der Waals surface area contributed by atoms with Gasteiger partial charge in [0.05, 0.1) is 0 Å². The molecule has 0 atom stereocenters. The van der Waals surface area contributed by atoms with E-state index in [1.54, 1.807) is 0 Å². The molecule has 0 amide bonds. The molecular formula is C8F22N2O2S. The van der Waals surface area contributed by atoms with Gasteiger partial charge in [-0.15, -0.1) is 0 Å². The van der Waals surface area contributed by atoms with Crippen molar-refractivity contribution in [2.75, 3.05) is 0 Å². The summed E-state index contributed by atoms with van der Waals surface area (Å²) in [5.74, 6) is -51.0.